The normalized spacial score (nSPS) is 30.5. The molecule has 0 heterocycles. The van der Waals surface area contributed by atoms with Crippen molar-refractivity contribution in [3.63, 3.8) is 0 Å². The Labute approximate surface area is 62.2 Å². The van der Waals surface area contributed by atoms with Gasteiger partial charge in [0.1, 0.15) is 0 Å². The zero-order chi connectivity index (χ0) is 7.45. The molecule has 54 valence electrons. The van der Waals surface area contributed by atoms with Crippen LogP contribution in [-0.4, -0.2) is 13.3 Å². The Morgan fingerprint density at radius 2 is 2.40 bits per heavy atom. The first kappa shape index (κ1) is 7.26. The van der Waals surface area contributed by atoms with E-state index in [1.807, 2.05) is 0 Å². The molecular formula is C9H13N. The molecule has 1 aliphatic rings. The molecule has 0 bridgehead atoms. The van der Waals surface area contributed by atoms with Crippen LogP contribution in [0, 0.1) is 5.41 Å². The topological polar surface area (TPSA) is 12.4 Å². The van der Waals surface area contributed by atoms with E-state index >= 15 is 0 Å². The van der Waals surface area contributed by atoms with E-state index in [1.54, 1.807) is 0 Å². The third-order valence-corrected chi connectivity index (χ3v) is 1.80. The van der Waals surface area contributed by atoms with Crippen LogP contribution in [0.25, 0.3) is 0 Å². The van der Waals surface area contributed by atoms with Crippen molar-refractivity contribution in [1.82, 2.24) is 0 Å². The lowest BCUT2D eigenvalue weighted by atomic mass is 9.84. The van der Waals surface area contributed by atoms with E-state index in [2.05, 4.69) is 42.9 Å². The van der Waals surface area contributed by atoms with Crippen LogP contribution in [0.5, 0.6) is 0 Å². The van der Waals surface area contributed by atoms with Crippen molar-refractivity contribution in [2.75, 3.05) is 6.54 Å². The average molecular weight is 135 g/mol. The lowest BCUT2D eigenvalue weighted by molar-refractivity contribution is 0.446. The van der Waals surface area contributed by atoms with E-state index in [-0.39, 0.29) is 5.41 Å². The first-order valence-corrected chi connectivity index (χ1v) is 3.54. The van der Waals surface area contributed by atoms with E-state index in [4.69, 9.17) is 0 Å². The van der Waals surface area contributed by atoms with Crippen molar-refractivity contribution in [2.24, 2.45) is 10.4 Å². The van der Waals surface area contributed by atoms with Crippen LogP contribution in [0.3, 0.4) is 0 Å². The van der Waals surface area contributed by atoms with Gasteiger partial charge in [-0.25, -0.2) is 0 Å². The molecule has 1 heteroatoms. The van der Waals surface area contributed by atoms with Crippen molar-refractivity contribution in [3.8, 4) is 0 Å². The maximum atomic E-state index is 3.90. The molecule has 0 saturated carbocycles. The zero-order valence-corrected chi connectivity index (χ0v) is 6.38. The fourth-order valence-corrected chi connectivity index (χ4v) is 1.14. The molecule has 0 aromatic rings. The van der Waals surface area contributed by atoms with E-state index in [0.29, 0.717) is 0 Å². The number of hydrogen-bond acceptors (Lipinski definition) is 1. The summed E-state index contributed by atoms with van der Waals surface area (Å²) in [5.74, 6) is 0. The smallest absolute Gasteiger partial charge is 0.0473 e. The summed E-state index contributed by atoms with van der Waals surface area (Å²) >= 11 is 0. The maximum absolute atomic E-state index is 3.90. The van der Waals surface area contributed by atoms with Crippen molar-refractivity contribution < 1.29 is 0 Å². The highest BCUT2D eigenvalue weighted by molar-refractivity contribution is 5.25. The number of rotatable bonds is 2. The number of aliphatic imine (C=N–C) groups is 1. The molecule has 10 heavy (non-hydrogen) atoms. The van der Waals surface area contributed by atoms with Crippen LogP contribution < -0.4 is 0 Å². The summed E-state index contributed by atoms with van der Waals surface area (Å²) in [4.78, 5) is 3.90. The molecule has 0 aliphatic heterocycles. The number of nitrogens with zero attached hydrogens (tertiary/aromatic N) is 1. The second-order valence-electron chi connectivity index (χ2n) is 3.03. The summed E-state index contributed by atoms with van der Waals surface area (Å²) in [7, 11) is 0. The van der Waals surface area contributed by atoms with E-state index < -0.39 is 0 Å². The molecule has 1 atom stereocenters. The molecule has 1 rings (SSSR count). The molecule has 1 aliphatic carbocycles. The Kier molecular flexibility index (Phi) is 2.05. The zero-order valence-electron chi connectivity index (χ0n) is 6.38. The van der Waals surface area contributed by atoms with Gasteiger partial charge in [0.05, 0.1) is 0 Å². The van der Waals surface area contributed by atoms with Gasteiger partial charge in [0.25, 0.3) is 0 Å². The average Bonchev–Trinajstić information content (AvgIpc) is 1.89. The van der Waals surface area contributed by atoms with Gasteiger partial charge in [0, 0.05) is 12.0 Å². The number of allylic oxidation sites excluding steroid dienone is 3. The summed E-state index contributed by atoms with van der Waals surface area (Å²) in [6.45, 7) is 6.52. The molecule has 0 amide bonds. The molecule has 0 N–H and O–H groups in total. The van der Waals surface area contributed by atoms with Crippen LogP contribution in [0.2, 0.25) is 0 Å². The van der Waals surface area contributed by atoms with Crippen molar-refractivity contribution in [1.29, 1.82) is 0 Å². The third kappa shape index (κ3) is 1.56. The molecule has 0 radical (unpaired) electrons. The van der Waals surface area contributed by atoms with Crippen LogP contribution in [0.1, 0.15) is 13.3 Å². The van der Waals surface area contributed by atoms with Crippen molar-refractivity contribution in [2.45, 2.75) is 13.3 Å². The fourth-order valence-electron chi connectivity index (χ4n) is 1.14. The molecule has 0 saturated heterocycles. The molecule has 1 nitrogen and oxygen atoms in total. The predicted octanol–water partition coefficient (Wildman–Crippen LogP) is 2.21. The van der Waals surface area contributed by atoms with Gasteiger partial charge in [-0.05, 0) is 13.1 Å². The third-order valence-electron chi connectivity index (χ3n) is 1.80. The lowest BCUT2D eigenvalue weighted by Crippen LogP contribution is -2.17. The highest BCUT2D eigenvalue weighted by atomic mass is 14.7. The first-order valence-electron chi connectivity index (χ1n) is 3.54. The molecule has 1 unspecified atom stereocenters. The van der Waals surface area contributed by atoms with Crippen LogP contribution in [0.15, 0.2) is 29.3 Å². The van der Waals surface area contributed by atoms with E-state index in [0.717, 1.165) is 13.0 Å². The minimum Gasteiger partial charge on any atom is -0.300 e. The monoisotopic (exact) mass is 135 g/mol. The Bertz CT molecular complexity index is 175. The van der Waals surface area contributed by atoms with E-state index in [9.17, 15) is 0 Å². The van der Waals surface area contributed by atoms with Gasteiger partial charge in [-0.15, -0.1) is 0 Å². The highest BCUT2D eigenvalue weighted by Crippen LogP contribution is 2.26. The largest absolute Gasteiger partial charge is 0.300 e. The van der Waals surface area contributed by atoms with E-state index in [1.165, 1.54) is 0 Å². The molecule has 0 fully saturated rings. The van der Waals surface area contributed by atoms with Gasteiger partial charge >= 0.3 is 0 Å². The van der Waals surface area contributed by atoms with Gasteiger partial charge < -0.3 is 4.99 Å². The molecule has 0 spiro atoms. The van der Waals surface area contributed by atoms with Gasteiger partial charge in [0.15, 0.2) is 0 Å². The standard InChI is InChI=1S/C9H13N/c1-9(8-10-2)6-4-3-5-7-9/h3-6H,2,7-8H2,1H3. The van der Waals surface area contributed by atoms with Gasteiger partial charge in [-0.3, -0.25) is 0 Å². The molecular weight excluding hydrogens is 122 g/mol. The fraction of sp³-hybridized carbons (Fsp3) is 0.444. The van der Waals surface area contributed by atoms with Crippen LogP contribution in [0.4, 0.5) is 0 Å². The van der Waals surface area contributed by atoms with Gasteiger partial charge in [-0.1, -0.05) is 31.2 Å². The maximum Gasteiger partial charge on any atom is 0.0473 e. The Balaban J connectivity index is 2.60. The SMILES string of the molecule is C=NCC1(C)C=CC=CC1. The summed E-state index contributed by atoms with van der Waals surface area (Å²) in [6, 6.07) is 0. The van der Waals surface area contributed by atoms with Crippen LogP contribution in [-0.2, 0) is 0 Å². The minimum atomic E-state index is 0.233. The second-order valence-corrected chi connectivity index (χ2v) is 3.03. The Morgan fingerprint density at radius 1 is 1.60 bits per heavy atom. The highest BCUT2D eigenvalue weighted by Gasteiger charge is 2.19. The Morgan fingerprint density at radius 3 is 2.90 bits per heavy atom. The van der Waals surface area contributed by atoms with Crippen molar-refractivity contribution in [3.05, 3.63) is 24.3 Å². The second kappa shape index (κ2) is 2.82. The predicted molar refractivity (Wildman–Crippen MR) is 45.4 cm³/mol. The lowest BCUT2D eigenvalue weighted by Gasteiger charge is -2.23. The summed E-state index contributed by atoms with van der Waals surface area (Å²) in [6.07, 6.45) is 9.61. The van der Waals surface area contributed by atoms with Gasteiger partial charge in [-0.2, -0.15) is 0 Å². The number of hydrogen-bond donors (Lipinski definition) is 0. The molecule has 0 aromatic heterocycles. The van der Waals surface area contributed by atoms with Gasteiger partial charge in [0.2, 0.25) is 0 Å². The minimum absolute atomic E-state index is 0.233. The Hall–Kier alpha value is -0.850. The van der Waals surface area contributed by atoms with Crippen LogP contribution >= 0.6 is 0 Å². The summed E-state index contributed by atoms with van der Waals surface area (Å²) < 4.78 is 0. The molecule has 0 aromatic carbocycles. The van der Waals surface area contributed by atoms with Crippen molar-refractivity contribution >= 4 is 6.72 Å². The quantitative estimate of drug-likeness (QED) is 0.515. The summed E-state index contributed by atoms with van der Waals surface area (Å²) in [5, 5.41) is 0. The first-order chi connectivity index (χ1) is 4.77. The summed E-state index contributed by atoms with van der Waals surface area (Å²) in [5.41, 5.74) is 0.233.